The van der Waals surface area contributed by atoms with Gasteiger partial charge in [0.15, 0.2) is 0 Å². The third-order valence-corrected chi connectivity index (χ3v) is 8.71. The monoisotopic (exact) mass is 444 g/mol. The van der Waals surface area contributed by atoms with Crippen molar-refractivity contribution in [2.24, 2.45) is 0 Å². The molecule has 1 aliphatic rings. The van der Waals surface area contributed by atoms with E-state index in [9.17, 15) is 28.8 Å². The molecule has 1 saturated heterocycles. The van der Waals surface area contributed by atoms with Gasteiger partial charge in [-0.25, -0.2) is 4.79 Å². The average molecular weight is 444 g/mol. The second-order valence-corrected chi connectivity index (χ2v) is 10.4. The number of hydrogen-bond donors (Lipinski definition) is 4. The van der Waals surface area contributed by atoms with Gasteiger partial charge in [0.2, 0.25) is 6.29 Å². The standard InChI is InChI=1S/C16H18N2O9P2/c1-17-15(19)25-13-6-4-12(5-7-13)14-26-28(21,22)16(20,29(23,24)27-14)9-11-3-2-8-18-10-11/h2-8,10,14,20H,9H2,1H3,(H,17,19)(H,21,22)(H,23,24). The van der Waals surface area contributed by atoms with Gasteiger partial charge in [-0.1, -0.05) is 18.2 Å². The molecule has 13 heteroatoms. The average Bonchev–Trinajstić information content (AvgIpc) is 2.67. The van der Waals surface area contributed by atoms with Gasteiger partial charge in [-0.3, -0.25) is 23.2 Å². The molecule has 11 nitrogen and oxygen atoms in total. The fourth-order valence-corrected chi connectivity index (χ4v) is 6.14. The molecule has 2 heterocycles. The highest BCUT2D eigenvalue weighted by Gasteiger charge is 2.67. The highest BCUT2D eigenvalue weighted by atomic mass is 31.2. The topological polar surface area (TPSA) is 165 Å². The number of ether oxygens (including phenoxy) is 1. The van der Waals surface area contributed by atoms with Crippen molar-refractivity contribution in [3.63, 3.8) is 0 Å². The Kier molecular flexibility index (Phi) is 5.93. The lowest BCUT2D eigenvalue weighted by Gasteiger charge is -2.41. The molecule has 1 amide bonds. The van der Waals surface area contributed by atoms with Crippen molar-refractivity contribution in [3.8, 4) is 5.75 Å². The summed E-state index contributed by atoms with van der Waals surface area (Å²) in [5.41, 5.74) is 0.334. The van der Waals surface area contributed by atoms with E-state index in [1.807, 2.05) is 0 Å². The Morgan fingerprint density at radius 1 is 1.21 bits per heavy atom. The minimum atomic E-state index is -5.06. The Balaban J connectivity index is 1.85. The van der Waals surface area contributed by atoms with Crippen molar-refractivity contribution < 1.29 is 42.6 Å². The Hall–Kier alpha value is -2.10. The molecular weight excluding hydrogens is 426 g/mol. The van der Waals surface area contributed by atoms with Crippen molar-refractivity contribution in [2.75, 3.05) is 7.05 Å². The number of amides is 1. The molecule has 0 saturated carbocycles. The van der Waals surface area contributed by atoms with E-state index in [1.54, 1.807) is 0 Å². The number of pyridine rings is 1. The molecule has 0 spiro atoms. The van der Waals surface area contributed by atoms with E-state index in [1.165, 1.54) is 55.8 Å². The molecule has 1 fully saturated rings. The summed E-state index contributed by atoms with van der Waals surface area (Å²) in [6, 6.07) is 8.25. The molecule has 2 unspecified atom stereocenters. The number of nitrogens with zero attached hydrogens (tertiary/aromatic N) is 1. The SMILES string of the molecule is CNC(=O)Oc1ccc(C2OP(=O)(O)C(O)(Cc3cccnc3)P(=O)(O)O2)cc1. The van der Waals surface area contributed by atoms with Crippen LogP contribution in [0.4, 0.5) is 4.79 Å². The molecule has 0 radical (unpaired) electrons. The van der Waals surface area contributed by atoms with Gasteiger partial charge in [0, 0.05) is 31.4 Å². The minimum Gasteiger partial charge on any atom is -0.410 e. The lowest BCUT2D eigenvalue weighted by molar-refractivity contribution is -0.0579. The predicted molar refractivity (Wildman–Crippen MR) is 99.0 cm³/mol. The first-order valence-corrected chi connectivity index (χ1v) is 11.4. The quantitative estimate of drug-likeness (QED) is 0.513. The maximum Gasteiger partial charge on any atom is 0.412 e. The highest BCUT2D eigenvalue weighted by molar-refractivity contribution is 7.73. The summed E-state index contributed by atoms with van der Waals surface area (Å²) in [5, 5.41) is 9.84. The number of aliphatic hydroxyl groups is 1. The number of carbonyl (C=O) groups is 1. The van der Waals surface area contributed by atoms with Crippen LogP contribution in [0.15, 0.2) is 48.8 Å². The zero-order valence-corrected chi connectivity index (χ0v) is 16.8. The Bertz CT molecular complexity index is 958. The molecule has 2 atom stereocenters. The van der Waals surface area contributed by atoms with Crippen LogP contribution in [-0.4, -0.2) is 38.1 Å². The zero-order chi connectivity index (χ0) is 21.3. The van der Waals surface area contributed by atoms with Crippen LogP contribution in [0.25, 0.3) is 0 Å². The van der Waals surface area contributed by atoms with E-state index in [4.69, 9.17) is 13.8 Å². The molecule has 156 valence electrons. The largest absolute Gasteiger partial charge is 0.412 e. The number of benzene rings is 1. The summed E-state index contributed by atoms with van der Waals surface area (Å²) < 4.78 is 40.3. The highest BCUT2D eigenvalue weighted by Crippen LogP contribution is 2.79. The fourth-order valence-electron chi connectivity index (χ4n) is 2.56. The molecule has 3 rings (SSSR count). The van der Waals surface area contributed by atoms with E-state index in [-0.39, 0.29) is 16.9 Å². The van der Waals surface area contributed by atoms with E-state index in [2.05, 4.69) is 10.3 Å². The van der Waals surface area contributed by atoms with E-state index < -0.39 is 39.1 Å². The first-order valence-electron chi connectivity index (χ1n) is 8.21. The fraction of sp³-hybridized carbons (Fsp3) is 0.250. The van der Waals surface area contributed by atoms with Crippen LogP contribution in [0.3, 0.4) is 0 Å². The van der Waals surface area contributed by atoms with Crippen LogP contribution in [0.1, 0.15) is 17.4 Å². The van der Waals surface area contributed by atoms with Crippen LogP contribution in [-0.2, 0) is 24.6 Å². The molecule has 2 aromatic rings. The number of carbonyl (C=O) groups excluding carboxylic acids is 1. The van der Waals surface area contributed by atoms with E-state index in [0.29, 0.717) is 0 Å². The van der Waals surface area contributed by atoms with Gasteiger partial charge in [-0.2, -0.15) is 0 Å². The number of rotatable bonds is 4. The summed E-state index contributed by atoms with van der Waals surface area (Å²) in [5.74, 6) is 0.149. The number of nitrogens with one attached hydrogen (secondary N) is 1. The van der Waals surface area contributed by atoms with Crippen molar-refractivity contribution >= 4 is 21.3 Å². The van der Waals surface area contributed by atoms with Crippen molar-refractivity contribution in [2.45, 2.75) is 17.8 Å². The number of aromatic nitrogens is 1. The second kappa shape index (κ2) is 7.97. The summed E-state index contributed by atoms with van der Waals surface area (Å²) in [4.78, 5) is 35.6. The molecule has 0 bridgehead atoms. The maximum absolute atomic E-state index is 12.7. The summed E-state index contributed by atoms with van der Waals surface area (Å²) in [6.45, 7) is 0. The molecule has 1 aromatic carbocycles. The Morgan fingerprint density at radius 3 is 2.34 bits per heavy atom. The third-order valence-electron chi connectivity index (χ3n) is 4.11. The van der Waals surface area contributed by atoms with Crippen LogP contribution in [0.5, 0.6) is 5.75 Å². The van der Waals surface area contributed by atoms with Crippen molar-refractivity contribution in [1.29, 1.82) is 0 Å². The normalized spacial score (nSPS) is 31.8. The first-order chi connectivity index (χ1) is 13.6. The Labute approximate surface area is 165 Å². The molecule has 0 aliphatic carbocycles. The van der Waals surface area contributed by atoms with Crippen LogP contribution in [0, 0.1) is 0 Å². The van der Waals surface area contributed by atoms with Gasteiger partial charge in [0.1, 0.15) is 5.75 Å². The lowest BCUT2D eigenvalue weighted by atomic mass is 10.2. The van der Waals surface area contributed by atoms with Crippen LogP contribution < -0.4 is 10.1 Å². The van der Waals surface area contributed by atoms with Gasteiger partial charge < -0.3 is 24.9 Å². The molecule has 29 heavy (non-hydrogen) atoms. The first kappa shape index (κ1) is 21.6. The van der Waals surface area contributed by atoms with Gasteiger partial charge in [0.05, 0.1) is 0 Å². The van der Waals surface area contributed by atoms with Gasteiger partial charge in [-0.05, 0) is 23.8 Å². The zero-order valence-electron chi connectivity index (χ0n) is 15.0. The molecular formula is C16H18N2O9P2. The van der Waals surface area contributed by atoms with Gasteiger partial charge >= 0.3 is 21.3 Å². The smallest absolute Gasteiger partial charge is 0.410 e. The van der Waals surface area contributed by atoms with Gasteiger partial charge in [-0.15, -0.1) is 0 Å². The van der Waals surface area contributed by atoms with Crippen LogP contribution in [0.2, 0.25) is 0 Å². The van der Waals surface area contributed by atoms with Crippen LogP contribution >= 0.6 is 15.2 Å². The van der Waals surface area contributed by atoms with Crippen molar-refractivity contribution in [3.05, 3.63) is 59.9 Å². The molecule has 4 N–H and O–H groups in total. The third kappa shape index (κ3) is 4.26. The Morgan fingerprint density at radius 2 is 1.83 bits per heavy atom. The van der Waals surface area contributed by atoms with Gasteiger partial charge in [0.25, 0.3) is 5.08 Å². The predicted octanol–water partition coefficient (Wildman–Crippen LogP) is 2.10. The summed E-state index contributed by atoms with van der Waals surface area (Å²) in [7, 11) is -8.74. The molecule has 1 aliphatic heterocycles. The molecule has 1 aromatic heterocycles. The maximum atomic E-state index is 12.7. The van der Waals surface area contributed by atoms with Crippen molar-refractivity contribution in [1.82, 2.24) is 10.3 Å². The second-order valence-electron chi connectivity index (χ2n) is 6.10. The van der Waals surface area contributed by atoms with E-state index >= 15 is 0 Å². The van der Waals surface area contributed by atoms with E-state index in [0.717, 1.165) is 0 Å². The summed E-state index contributed by atoms with van der Waals surface area (Å²) >= 11 is 0. The summed E-state index contributed by atoms with van der Waals surface area (Å²) in [6.07, 6.45) is -0.386. The number of hydrogen-bond acceptors (Lipinski definition) is 8. The lowest BCUT2D eigenvalue weighted by Crippen LogP contribution is -2.37. The minimum absolute atomic E-state index is 0.0984.